The molecule has 1 saturated heterocycles. The molecule has 5 nitrogen and oxygen atoms in total. The molecule has 1 heterocycles. The molecule has 114 valence electrons. The van der Waals surface area contributed by atoms with Crippen molar-refractivity contribution in [3.05, 3.63) is 29.3 Å². The number of nitrogens with zero attached hydrogens (tertiary/aromatic N) is 2. The van der Waals surface area contributed by atoms with Crippen LogP contribution in [0.3, 0.4) is 0 Å². The molecule has 2 rings (SSSR count). The Bertz CT molecular complexity index is 534. The van der Waals surface area contributed by atoms with E-state index in [1.54, 1.807) is 18.9 Å². The Morgan fingerprint density at radius 1 is 1.14 bits per heavy atom. The minimum absolute atomic E-state index is 0.0767. The molecular weight excluding hydrogens is 268 g/mol. The van der Waals surface area contributed by atoms with Crippen LogP contribution in [0, 0.1) is 6.92 Å². The SMILES string of the molecule is COc1ccc(CC(=O)N2CCN(C(C)=O)CC2)cc1C. The van der Waals surface area contributed by atoms with E-state index in [2.05, 4.69) is 0 Å². The van der Waals surface area contributed by atoms with Gasteiger partial charge in [0.15, 0.2) is 0 Å². The van der Waals surface area contributed by atoms with Crippen LogP contribution < -0.4 is 4.74 Å². The molecule has 0 atom stereocenters. The van der Waals surface area contributed by atoms with E-state index < -0.39 is 0 Å². The minimum Gasteiger partial charge on any atom is -0.496 e. The summed E-state index contributed by atoms with van der Waals surface area (Å²) in [4.78, 5) is 27.2. The molecule has 0 spiro atoms. The second-order valence-electron chi connectivity index (χ2n) is 5.37. The zero-order valence-corrected chi connectivity index (χ0v) is 12.9. The Hall–Kier alpha value is -2.04. The fraction of sp³-hybridized carbons (Fsp3) is 0.500. The molecule has 0 aliphatic carbocycles. The van der Waals surface area contributed by atoms with E-state index in [4.69, 9.17) is 4.74 Å². The maximum absolute atomic E-state index is 12.3. The van der Waals surface area contributed by atoms with Crippen LogP contribution in [0.5, 0.6) is 5.75 Å². The van der Waals surface area contributed by atoms with Crippen molar-refractivity contribution in [3.8, 4) is 5.75 Å². The average Bonchev–Trinajstić information content (AvgIpc) is 2.47. The van der Waals surface area contributed by atoms with Crippen molar-refractivity contribution >= 4 is 11.8 Å². The molecule has 5 heteroatoms. The Morgan fingerprint density at radius 2 is 1.76 bits per heavy atom. The predicted molar refractivity (Wildman–Crippen MR) is 80.3 cm³/mol. The van der Waals surface area contributed by atoms with Gasteiger partial charge in [0.2, 0.25) is 11.8 Å². The molecule has 1 aromatic carbocycles. The second-order valence-corrected chi connectivity index (χ2v) is 5.37. The van der Waals surface area contributed by atoms with Crippen LogP contribution in [0.25, 0.3) is 0 Å². The number of carbonyl (C=O) groups is 2. The first-order valence-corrected chi connectivity index (χ1v) is 7.18. The van der Waals surface area contributed by atoms with E-state index in [1.807, 2.05) is 30.0 Å². The lowest BCUT2D eigenvalue weighted by molar-refractivity contribution is -0.138. The highest BCUT2D eigenvalue weighted by Crippen LogP contribution is 2.19. The lowest BCUT2D eigenvalue weighted by Gasteiger charge is -2.34. The molecule has 2 amide bonds. The van der Waals surface area contributed by atoms with Crippen molar-refractivity contribution < 1.29 is 14.3 Å². The minimum atomic E-state index is 0.0767. The molecule has 1 aliphatic heterocycles. The van der Waals surface area contributed by atoms with Crippen molar-refractivity contribution in [2.75, 3.05) is 33.3 Å². The smallest absolute Gasteiger partial charge is 0.227 e. The summed E-state index contributed by atoms with van der Waals surface area (Å²) in [5, 5.41) is 0. The first-order valence-electron chi connectivity index (χ1n) is 7.18. The standard InChI is InChI=1S/C16H22N2O3/c1-12-10-14(4-5-15(12)21-3)11-16(20)18-8-6-17(7-9-18)13(2)19/h4-5,10H,6-9,11H2,1-3H3. The molecule has 1 aliphatic rings. The Balaban J connectivity index is 1.93. The van der Waals surface area contributed by atoms with E-state index in [0.29, 0.717) is 32.6 Å². The summed E-state index contributed by atoms with van der Waals surface area (Å²) < 4.78 is 5.22. The largest absolute Gasteiger partial charge is 0.496 e. The number of hydrogen-bond acceptors (Lipinski definition) is 3. The van der Waals surface area contributed by atoms with Gasteiger partial charge in [-0.05, 0) is 24.1 Å². The molecule has 1 aromatic rings. The van der Waals surface area contributed by atoms with Crippen molar-refractivity contribution in [1.29, 1.82) is 0 Å². The van der Waals surface area contributed by atoms with Crippen LogP contribution in [-0.4, -0.2) is 54.9 Å². The number of benzene rings is 1. The van der Waals surface area contributed by atoms with Gasteiger partial charge in [0.1, 0.15) is 5.75 Å². The van der Waals surface area contributed by atoms with E-state index in [0.717, 1.165) is 16.9 Å². The van der Waals surface area contributed by atoms with Crippen LogP contribution in [-0.2, 0) is 16.0 Å². The maximum Gasteiger partial charge on any atom is 0.227 e. The monoisotopic (exact) mass is 290 g/mol. The van der Waals surface area contributed by atoms with Gasteiger partial charge in [0.25, 0.3) is 0 Å². The van der Waals surface area contributed by atoms with Gasteiger partial charge in [0, 0.05) is 33.1 Å². The summed E-state index contributed by atoms with van der Waals surface area (Å²) in [6.07, 6.45) is 0.394. The molecule has 0 radical (unpaired) electrons. The summed E-state index contributed by atoms with van der Waals surface area (Å²) in [6, 6.07) is 5.81. The zero-order valence-electron chi connectivity index (χ0n) is 12.9. The van der Waals surface area contributed by atoms with Gasteiger partial charge in [-0.3, -0.25) is 9.59 Å². The van der Waals surface area contributed by atoms with E-state index >= 15 is 0 Å². The van der Waals surface area contributed by atoms with Gasteiger partial charge >= 0.3 is 0 Å². The highest BCUT2D eigenvalue weighted by Gasteiger charge is 2.22. The van der Waals surface area contributed by atoms with Gasteiger partial charge in [-0.25, -0.2) is 0 Å². The number of methoxy groups -OCH3 is 1. The Morgan fingerprint density at radius 3 is 2.29 bits per heavy atom. The van der Waals surface area contributed by atoms with Crippen molar-refractivity contribution in [2.24, 2.45) is 0 Å². The fourth-order valence-electron chi connectivity index (χ4n) is 2.61. The number of hydrogen-bond donors (Lipinski definition) is 0. The number of ether oxygens (including phenoxy) is 1. The lowest BCUT2D eigenvalue weighted by Crippen LogP contribution is -2.50. The van der Waals surface area contributed by atoms with Gasteiger partial charge in [-0.2, -0.15) is 0 Å². The van der Waals surface area contributed by atoms with Crippen LogP contribution in [0.4, 0.5) is 0 Å². The average molecular weight is 290 g/mol. The molecule has 0 saturated carbocycles. The maximum atomic E-state index is 12.3. The van der Waals surface area contributed by atoms with Crippen molar-refractivity contribution in [3.63, 3.8) is 0 Å². The van der Waals surface area contributed by atoms with E-state index in [9.17, 15) is 9.59 Å². The molecule has 21 heavy (non-hydrogen) atoms. The molecular formula is C16H22N2O3. The first-order chi connectivity index (χ1) is 10.0. The molecule has 0 unspecified atom stereocenters. The van der Waals surface area contributed by atoms with Crippen LogP contribution in [0.1, 0.15) is 18.1 Å². The van der Waals surface area contributed by atoms with Crippen molar-refractivity contribution in [1.82, 2.24) is 9.80 Å². The second kappa shape index (κ2) is 6.61. The summed E-state index contributed by atoms with van der Waals surface area (Å²) in [5.41, 5.74) is 2.02. The van der Waals surface area contributed by atoms with Crippen molar-refractivity contribution in [2.45, 2.75) is 20.3 Å². The van der Waals surface area contributed by atoms with E-state index in [-0.39, 0.29) is 11.8 Å². The normalized spacial score (nSPS) is 15.0. The quantitative estimate of drug-likeness (QED) is 0.841. The topological polar surface area (TPSA) is 49.9 Å². The summed E-state index contributed by atoms with van der Waals surface area (Å²) in [5.74, 6) is 1.02. The van der Waals surface area contributed by atoms with Gasteiger partial charge in [0.05, 0.1) is 13.5 Å². The number of rotatable bonds is 3. The third kappa shape index (κ3) is 3.74. The Labute approximate surface area is 125 Å². The molecule has 0 aromatic heterocycles. The van der Waals surface area contributed by atoms with Gasteiger partial charge in [-0.1, -0.05) is 12.1 Å². The highest BCUT2D eigenvalue weighted by atomic mass is 16.5. The Kier molecular flexibility index (Phi) is 4.83. The van der Waals surface area contributed by atoms with Gasteiger partial charge in [-0.15, -0.1) is 0 Å². The van der Waals surface area contributed by atoms with Crippen LogP contribution >= 0.6 is 0 Å². The third-order valence-electron chi connectivity index (χ3n) is 3.89. The molecule has 0 N–H and O–H groups in total. The summed E-state index contributed by atoms with van der Waals surface area (Å²) >= 11 is 0. The fourth-order valence-corrected chi connectivity index (χ4v) is 2.61. The zero-order chi connectivity index (χ0) is 15.4. The first kappa shape index (κ1) is 15.4. The van der Waals surface area contributed by atoms with Crippen LogP contribution in [0.15, 0.2) is 18.2 Å². The number of aryl methyl sites for hydroxylation is 1. The number of piperazine rings is 1. The highest BCUT2D eigenvalue weighted by molar-refractivity contribution is 5.79. The molecule has 0 bridgehead atoms. The van der Waals surface area contributed by atoms with Crippen LogP contribution in [0.2, 0.25) is 0 Å². The number of carbonyl (C=O) groups excluding carboxylic acids is 2. The van der Waals surface area contributed by atoms with Gasteiger partial charge < -0.3 is 14.5 Å². The summed E-state index contributed by atoms with van der Waals surface area (Å²) in [6.45, 7) is 6.03. The van der Waals surface area contributed by atoms with E-state index in [1.165, 1.54) is 0 Å². The number of amides is 2. The summed E-state index contributed by atoms with van der Waals surface area (Å²) in [7, 11) is 1.64. The lowest BCUT2D eigenvalue weighted by atomic mass is 10.1. The third-order valence-corrected chi connectivity index (χ3v) is 3.89. The predicted octanol–water partition coefficient (Wildman–Crippen LogP) is 1.24. The molecule has 1 fully saturated rings.